The van der Waals surface area contributed by atoms with E-state index in [0.717, 1.165) is 12.8 Å². The zero-order valence-corrected chi connectivity index (χ0v) is 9.84. The van der Waals surface area contributed by atoms with Gasteiger partial charge in [0.05, 0.1) is 0 Å². The lowest BCUT2D eigenvalue weighted by atomic mass is 10.0. The molecule has 84 valence electrons. The molecule has 0 radical (unpaired) electrons. The van der Waals surface area contributed by atoms with E-state index in [1.54, 1.807) is 0 Å². The molecule has 2 unspecified atom stereocenters. The molecule has 0 aliphatic carbocycles. The van der Waals surface area contributed by atoms with Crippen LogP contribution in [-0.2, 0) is 4.79 Å². The fourth-order valence-electron chi connectivity index (χ4n) is 1.28. The summed E-state index contributed by atoms with van der Waals surface area (Å²) in [5, 5.41) is 2.87. The summed E-state index contributed by atoms with van der Waals surface area (Å²) in [6.07, 6.45) is 1.84. The Morgan fingerprint density at radius 2 is 1.93 bits per heavy atom. The van der Waals surface area contributed by atoms with Gasteiger partial charge in [-0.2, -0.15) is 0 Å². The van der Waals surface area contributed by atoms with Crippen molar-refractivity contribution in [2.24, 2.45) is 17.6 Å². The third-order valence-electron chi connectivity index (χ3n) is 2.37. The van der Waals surface area contributed by atoms with Gasteiger partial charge in [0.15, 0.2) is 0 Å². The quantitative estimate of drug-likeness (QED) is 0.683. The Kier molecular flexibility index (Phi) is 6.54. The lowest BCUT2D eigenvalue weighted by Gasteiger charge is -2.16. The topological polar surface area (TPSA) is 55.1 Å². The molecule has 0 fully saturated rings. The Balaban J connectivity index is 3.66. The molecule has 0 aliphatic rings. The second kappa shape index (κ2) is 6.82. The number of nitrogens with two attached hydrogens (primary N) is 1. The van der Waals surface area contributed by atoms with Crippen molar-refractivity contribution in [1.82, 2.24) is 5.32 Å². The van der Waals surface area contributed by atoms with E-state index < -0.39 is 0 Å². The summed E-state index contributed by atoms with van der Waals surface area (Å²) in [5.41, 5.74) is 5.85. The van der Waals surface area contributed by atoms with Crippen LogP contribution in [0.5, 0.6) is 0 Å². The minimum atomic E-state index is 0.0861. The highest BCUT2D eigenvalue weighted by Gasteiger charge is 2.11. The van der Waals surface area contributed by atoms with Gasteiger partial charge in [0.25, 0.3) is 0 Å². The fraction of sp³-hybridized carbons (Fsp3) is 0.909. The van der Waals surface area contributed by atoms with Crippen LogP contribution in [0.4, 0.5) is 0 Å². The minimum absolute atomic E-state index is 0.0861. The van der Waals surface area contributed by atoms with Crippen molar-refractivity contribution in [3.8, 4) is 0 Å². The average molecular weight is 200 g/mol. The van der Waals surface area contributed by atoms with Gasteiger partial charge in [-0.05, 0) is 18.8 Å². The first-order chi connectivity index (χ1) is 6.47. The molecule has 0 aromatic rings. The van der Waals surface area contributed by atoms with Crippen LogP contribution in [0.3, 0.4) is 0 Å². The molecule has 3 N–H and O–H groups in total. The predicted molar refractivity (Wildman–Crippen MR) is 59.9 cm³/mol. The van der Waals surface area contributed by atoms with Crippen molar-refractivity contribution in [2.75, 3.05) is 6.54 Å². The van der Waals surface area contributed by atoms with Crippen molar-refractivity contribution in [3.63, 3.8) is 0 Å². The van der Waals surface area contributed by atoms with E-state index in [-0.39, 0.29) is 17.9 Å². The standard InChI is InChI=1S/C11H24N2O/c1-5-9(4)11(14)13-7-10(12)6-8(2)3/h8-10H,5-7,12H2,1-4H3,(H,13,14). The van der Waals surface area contributed by atoms with Crippen LogP contribution in [-0.4, -0.2) is 18.5 Å². The number of rotatable bonds is 6. The Labute approximate surface area is 87.4 Å². The summed E-state index contributed by atoms with van der Waals surface area (Å²) < 4.78 is 0. The number of hydrogen-bond donors (Lipinski definition) is 2. The molecule has 3 nitrogen and oxygen atoms in total. The van der Waals surface area contributed by atoms with E-state index in [1.165, 1.54) is 0 Å². The van der Waals surface area contributed by atoms with Gasteiger partial charge in [0.1, 0.15) is 0 Å². The van der Waals surface area contributed by atoms with Crippen LogP contribution in [0.25, 0.3) is 0 Å². The first-order valence-corrected chi connectivity index (χ1v) is 5.50. The molecule has 0 bridgehead atoms. The lowest BCUT2D eigenvalue weighted by molar-refractivity contribution is -0.124. The van der Waals surface area contributed by atoms with Crippen LogP contribution in [0.1, 0.15) is 40.5 Å². The van der Waals surface area contributed by atoms with Gasteiger partial charge >= 0.3 is 0 Å². The highest BCUT2D eigenvalue weighted by atomic mass is 16.1. The molecule has 0 aromatic carbocycles. The third-order valence-corrected chi connectivity index (χ3v) is 2.37. The van der Waals surface area contributed by atoms with Gasteiger partial charge in [-0.15, -0.1) is 0 Å². The first kappa shape index (κ1) is 13.4. The number of amides is 1. The van der Waals surface area contributed by atoms with Crippen molar-refractivity contribution < 1.29 is 4.79 Å². The van der Waals surface area contributed by atoms with Crippen LogP contribution < -0.4 is 11.1 Å². The Bertz CT molecular complexity index is 169. The zero-order chi connectivity index (χ0) is 11.1. The van der Waals surface area contributed by atoms with Gasteiger partial charge in [-0.3, -0.25) is 4.79 Å². The number of hydrogen-bond acceptors (Lipinski definition) is 2. The molecule has 0 rings (SSSR count). The largest absolute Gasteiger partial charge is 0.354 e. The molecule has 0 aliphatic heterocycles. The molecule has 0 heterocycles. The van der Waals surface area contributed by atoms with Gasteiger partial charge in [0, 0.05) is 18.5 Å². The van der Waals surface area contributed by atoms with Crippen molar-refractivity contribution in [1.29, 1.82) is 0 Å². The second-order valence-corrected chi connectivity index (χ2v) is 4.44. The van der Waals surface area contributed by atoms with E-state index >= 15 is 0 Å². The molecule has 1 amide bonds. The molecule has 0 saturated carbocycles. The van der Waals surface area contributed by atoms with E-state index in [4.69, 9.17) is 5.73 Å². The molecule has 2 atom stereocenters. The zero-order valence-electron chi connectivity index (χ0n) is 9.84. The molecule has 14 heavy (non-hydrogen) atoms. The van der Waals surface area contributed by atoms with Gasteiger partial charge in [-0.1, -0.05) is 27.7 Å². The monoisotopic (exact) mass is 200 g/mol. The van der Waals surface area contributed by atoms with E-state index in [9.17, 15) is 4.79 Å². The number of carbonyl (C=O) groups excluding carboxylic acids is 1. The summed E-state index contributed by atoms with van der Waals surface area (Å²) in [5.74, 6) is 0.804. The van der Waals surface area contributed by atoms with E-state index in [0.29, 0.717) is 12.5 Å². The molecule has 0 spiro atoms. The lowest BCUT2D eigenvalue weighted by Crippen LogP contribution is -2.39. The maximum atomic E-state index is 11.4. The molecular weight excluding hydrogens is 176 g/mol. The summed E-state index contributed by atoms with van der Waals surface area (Å²) in [4.78, 5) is 11.4. The fourth-order valence-corrected chi connectivity index (χ4v) is 1.28. The summed E-state index contributed by atoms with van der Waals surface area (Å²) in [6.45, 7) is 8.82. The van der Waals surface area contributed by atoms with Crippen molar-refractivity contribution in [2.45, 2.75) is 46.6 Å². The van der Waals surface area contributed by atoms with Crippen LogP contribution in [0.15, 0.2) is 0 Å². The summed E-state index contributed by atoms with van der Waals surface area (Å²) >= 11 is 0. The van der Waals surface area contributed by atoms with Gasteiger partial charge in [-0.25, -0.2) is 0 Å². The van der Waals surface area contributed by atoms with Gasteiger partial charge < -0.3 is 11.1 Å². The Morgan fingerprint density at radius 3 is 2.36 bits per heavy atom. The van der Waals surface area contributed by atoms with Crippen LogP contribution in [0, 0.1) is 11.8 Å². The second-order valence-electron chi connectivity index (χ2n) is 4.44. The Hall–Kier alpha value is -0.570. The van der Waals surface area contributed by atoms with Gasteiger partial charge in [0.2, 0.25) is 5.91 Å². The smallest absolute Gasteiger partial charge is 0.222 e. The van der Waals surface area contributed by atoms with Crippen LogP contribution >= 0.6 is 0 Å². The minimum Gasteiger partial charge on any atom is -0.354 e. The van der Waals surface area contributed by atoms with Crippen molar-refractivity contribution >= 4 is 5.91 Å². The third kappa shape index (κ3) is 5.97. The highest BCUT2D eigenvalue weighted by Crippen LogP contribution is 2.03. The molecule has 0 aromatic heterocycles. The summed E-state index contributed by atoms with van der Waals surface area (Å²) in [7, 11) is 0. The average Bonchev–Trinajstić information content (AvgIpc) is 2.11. The van der Waals surface area contributed by atoms with Crippen LogP contribution in [0.2, 0.25) is 0 Å². The SMILES string of the molecule is CCC(C)C(=O)NCC(N)CC(C)C. The predicted octanol–water partition coefficient (Wildman–Crippen LogP) is 1.52. The van der Waals surface area contributed by atoms with E-state index in [2.05, 4.69) is 19.2 Å². The molecule has 3 heteroatoms. The normalized spacial score (nSPS) is 15.3. The highest BCUT2D eigenvalue weighted by molar-refractivity contribution is 5.78. The maximum Gasteiger partial charge on any atom is 0.222 e. The number of carbonyl (C=O) groups is 1. The Morgan fingerprint density at radius 1 is 1.36 bits per heavy atom. The maximum absolute atomic E-state index is 11.4. The number of nitrogens with one attached hydrogen (secondary N) is 1. The molecule has 0 saturated heterocycles. The molecular formula is C11H24N2O. The van der Waals surface area contributed by atoms with Crippen molar-refractivity contribution in [3.05, 3.63) is 0 Å². The first-order valence-electron chi connectivity index (χ1n) is 5.50. The summed E-state index contributed by atoms with van der Waals surface area (Å²) in [6, 6.07) is 0.0861. The van der Waals surface area contributed by atoms with E-state index in [1.807, 2.05) is 13.8 Å².